The van der Waals surface area contributed by atoms with Crippen molar-refractivity contribution in [2.75, 3.05) is 11.5 Å². The van der Waals surface area contributed by atoms with Crippen LogP contribution in [0.2, 0.25) is 5.02 Å². The number of aromatic nitrogens is 2. The maximum atomic E-state index is 5.98. The van der Waals surface area contributed by atoms with Gasteiger partial charge in [-0.05, 0) is 41.5 Å². The second-order valence-electron chi connectivity index (χ2n) is 5.58. The minimum atomic E-state index is -0.665. The molecule has 2 atom stereocenters. The molecule has 21 heavy (non-hydrogen) atoms. The number of hydrogen-bond donors (Lipinski definition) is 0. The van der Waals surface area contributed by atoms with Crippen molar-refractivity contribution in [2.45, 2.75) is 30.9 Å². The van der Waals surface area contributed by atoms with E-state index in [2.05, 4.69) is 45.6 Å². The number of hydrogen-bond acceptors (Lipinski definition) is 2. The Labute approximate surface area is 137 Å². The second-order valence-corrected chi connectivity index (χ2v) is 12.6. The van der Waals surface area contributed by atoms with Gasteiger partial charge in [-0.3, -0.25) is 0 Å². The molecule has 1 aliphatic rings. The van der Waals surface area contributed by atoms with Gasteiger partial charge in [0.1, 0.15) is 0 Å². The normalized spacial score (nSPS) is 28.4. The van der Waals surface area contributed by atoms with Gasteiger partial charge in [0.05, 0.1) is 12.2 Å². The Hall–Kier alpha value is -0.580. The first-order chi connectivity index (χ1) is 10.2. The predicted octanol–water partition coefficient (Wildman–Crippen LogP) is 4.98. The van der Waals surface area contributed by atoms with Gasteiger partial charge in [-0.1, -0.05) is 30.7 Å². The largest absolute Gasteiger partial charge is 0.328 e. The van der Waals surface area contributed by atoms with E-state index in [0.29, 0.717) is 0 Å². The van der Waals surface area contributed by atoms with Gasteiger partial charge in [0, 0.05) is 23.2 Å². The third-order valence-electron chi connectivity index (χ3n) is 4.15. The molecule has 0 bridgehead atoms. The molecule has 0 N–H and O–H groups in total. The average molecular weight is 341 g/mol. The smallest absolute Gasteiger partial charge is 0.0953 e. The molecule has 2 aromatic rings. The molecule has 0 radical (unpaired) electrons. The lowest BCUT2D eigenvalue weighted by Gasteiger charge is -2.39. The van der Waals surface area contributed by atoms with Gasteiger partial charge < -0.3 is 4.57 Å². The number of rotatable bonds is 5. The van der Waals surface area contributed by atoms with E-state index in [4.69, 9.17) is 11.6 Å². The minimum absolute atomic E-state index is 0.665. The van der Waals surface area contributed by atoms with Crippen LogP contribution in [0.5, 0.6) is 0 Å². The summed E-state index contributed by atoms with van der Waals surface area (Å²) >= 11 is 5.98. The highest BCUT2D eigenvalue weighted by molar-refractivity contribution is 8.94. The maximum Gasteiger partial charge on any atom is 0.0953 e. The molecular formula is C16H21ClN2S2. The van der Waals surface area contributed by atoms with E-state index in [-0.39, 0.29) is 0 Å². The standard InChI is InChI=1S/C16H21ClN2S2/c1-14-6-10-20-21(14,13-19-9-8-18-12-19)11-7-15-2-4-16(17)5-3-15/h2-5,8-9,12,14H,6-7,10-11,13H2,1H3. The molecule has 1 aromatic carbocycles. The maximum absolute atomic E-state index is 5.98. The molecule has 1 saturated heterocycles. The van der Waals surface area contributed by atoms with E-state index in [9.17, 15) is 0 Å². The van der Waals surface area contributed by atoms with E-state index in [1.807, 2.05) is 24.7 Å². The van der Waals surface area contributed by atoms with Crippen LogP contribution < -0.4 is 0 Å². The van der Waals surface area contributed by atoms with Crippen LogP contribution in [0.15, 0.2) is 43.0 Å². The van der Waals surface area contributed by atoms with Crippen molar-refractivity contribution in [1.29, 1.82) is 0 Å². The summed E-state index contributed by atoms with van der Waals surface area (Å²) in [4.78, 5) is 4.20. The lowest BCUT2D eigenvalue weighted by Crippen LogP contribution is -2.17. The van der Waals surface area contributed by atoms with Gasteiger partial charge in [0.15, 0.2) is 0 Å². The lowest BCUT2D eigenvalue weighted by atomic mass is 10.2. The SMILES string of the molecule is CC1CCSS1(CCc1ccc(Cl)cc1)Cn1ccnc1. The Morgan fingerprint density at radius 2 is 2.19 bits per heavy atom. The summed E-state index contributed by atoms with van der Waals surface area (Å²) in [5.74, 6) is 3.75. The van der Waals surface area contributed by atoms with Crippen molar-refractivity contribution in [2.24, 2.45) is 0 Å². The van der Waals surface area contributed by atoms with E-state index in [0.717, 1.165) is 22.6 Å². The third kappa shape index (κ3) is 3.61. The van der Waals surface area contributed by atoms with E-state index in [1.54, 1.807) is 0 Å². The summed E-state index contributed by atoms with van der Waals surface area (Å²) in [6.45, 7) is 2.44. The lowest BCUT2D eigenvalue weighted by molar-refractivity contribution is 0.849. The first-order valence-electron chi connectivity index (χ1n) is 7.30. The van der Waals surface area contributed by atoms with E-state index in [1.165, 1.54) is 23.5 Å². The topological polar surface area (TPSA) is 17.8 Å². The molecule has 1 fully saturated rings. The van der Waals surface area contributed by atoms with E-state index >= 15 is 0 Å². The highest BCUT2D eigenvalue weighted by Gasteiger charge is 2.36. The van der Waals surface area contributed by atoms with Gasteiger partial charge in [0.25, 0.3) is 0 Å². The average Bonchev–Trinajstić information content (AvgIpc) is 3.10. The molecule has 1 aliphatic heterocycles. The number of nitrogens with zero attached hydrogens (tertiary/aromatic N) is 2. The summed E-state index contributed by atoms with van der Waals surface area (Å²) in [6, 6.07) is 8.33. The van der Waals surface area contributed by atoms with Crippen molar-refractivity contribution < 1.29 is 0 Å². The molecule has 2 heterocycles. The fourth-order valence-corrected chi connectivity index (χ4v) is 10.3. The highest BCUT2D eigenvalue weighted by Crippen LogP contribution is 2.69. The molecule has 0 spiro atoms. The third-order valence-corrected chi connectivity index (χ3v) is 12.3. The van der Waals surface area contributed by atoms with Crippen molar-refractivity contribution in [1.82, 2.24) is 9.55 Å². The Balaban J connectivity index is 1.72. The van der Waals surface area contributed by atoms with Crippen LogP contribution in [-0.2, 0) is 12.3 Å². The zero-order valence-corrected chi connectivity index (χ0v) is 14.6. The zero-order valence-electron chi connectivity index (χ0n) is 12.2. The Bertz CT molecular complexity index is 570. The number of benzene rings is 1. The summed E-state index contributed by atoms with van der Waals surface area (Å²) in [5.41, 5.74) is 1.40. The number of aryl methyl sites for hydroxylation is 1. The van der Waals surface area contributed by atoms with Crippen LogP contribution in [0.4, 0.5) is 0 Å². The van der Waals surface area contributed by atoms with Crippen LogP contribution in [0.1, 0.15) is 18.9 Å². The predicted molar refractivity (Wildman–Crippen MR) is 96.4 cm³/mol. The van der Waals surface area contributed by atoms with Crippen LogP contribution in [-0.4, -0.2) is 26.3 Å². The van der Waals surface area contributed by atoms with Crippen molar-refractivity contribution in [3.8, 4) is 0 Å². The first kappa shape index (κ1) is 15.3. The van der Waals surface area contributed by atoms with Gasteiger partial charge in [0.2, 0.25) is 0 Å². The number of imidazole rings is 1. The fourth-order valence-electron chi connectivity index (χ4n) is 2.76. The molecule has 5 heteroatoms. The molecule has 0 aliphatic carbocycles. The molecular weight excluding hydrogens is 320 g/mol. The molecule has 0 amide bonds. The van der Waals surface area contributed by atoms with E-state index < -0.39 is 9.06 Å². The van der Waals surface area contributed by atoms with Gasteiger partial charge >= 0.3 is 0 Å². The summed E-state index contributed by atoms with van der Waals surface area (Å²) in [6.07, 6.45) is 8.45. The molecule has 1 aromatic heterocycles. The summed E-state index contributed by atoms with van der Waals surface area (Å²) in [7, 11) is 1.56. The van der Waals surface area contributed by atoms with Gasteiger partial charge in [-0.25, -0.2) is 4.98 Å². The zero-order chi connectivity index (χ0) is 14.7. The Kier molecular flexibility index (Phi) is 4.87. The van der Waals surface area contributed by atoms with Crippen molar-refractivity contribution in [3.05, 3.63) is 53.6 Å². The van der Waals surface area contributed by atoms with Crippen LogP contribution in [0.25, 0.3) is 0 Å². The monoisotopic (exact) mass is 340 g/mol. The van der Waals surface area contributed by atoms with Crippen LogP contribution in [0.3, 0.4) is 0 Å². The molecule has 2 unspecified atom stereocenters. The minimum Gasteiger partial charge on any atom is -0.328 e. The Morgan fingerprint density at radius 3 is 2.81 bits per heavy atom. The molecule has 3 rings (SSSR count). The molecule has 2 nitrogen and oxygen atoms in total. The molecule has 114 valence electrons. The first-order valence-corrected chi connectivity index (χ1v) is 11.2. The van der Waals surface area contributed by atoms with Gasteiger partial charge in [-0.15, -0.1) is 10.8 Å². The molecule has 0 saturated carbocycles. The van der Waals surface area contributed by atoms with Crippen molar-refractivity contribution >= 4 is 31.5 Å². The summed E-state index contributed by atoms with van der Waals surface area (Å²) in [5, 5.41) is 1.65. The van der Waals surface area contributed by atoms with Gasteiger partial charge in [-0.2, -0.15) is 9.06 Å². The Morgan fingerprint density at radius 1 is 1.38 bits per heavy atom. The van der Waals surface area contributed by atoms with Crippen molar-refractivity contribution in [3.63, 3.8) is 0 Å². The number of halogens is 1. The summed E-state index contributed by atoms with van der Waals surface area (Å²) < 4.78 is 2.27. The second kappa shape index (κ2) is 6.67. The van der Waals surface area contributed by atoms with Crippen LogP contribution >= 0.6 is 31.5 Å². The fraction of sp³-hybridized carbons (Fsp3) is 0.438. The highest BCUT2D eigenvalue weighted by atomic mass is 35.5. The van der Waals surface area contributed by atoms with Crippen LogP contribution in [0, 0.1) is 0 Å². The quantitative estimate of drug-likeness (QED) is 0.714.